The third-order valence-corrected chi connectivity index (χ3v) is 13.5. The summed E-state index contributed by atoms with van der Waals surface area (Å²) in [5.74, 6) is -2.09. The first-order chi connectivity index (χ1) is 30.2. The largest absolute Gasteiger partial charge is 0.389 e. The smallest absolute Gasteiger partial charge is 0.254 e. The third kappa shape index (κ3) is 12.1. The minimum atomic E-state index is -0.871. The quantitative estimate of drug-likeness (QED) is 0.0793. The van der Waals surface area contributed by atoms with Crippen molar-refractivity contribution in [3.05, 3.63) is 107 Å². The zero-order chi connectivity index (χ0) is 43.4. The van der Waals surface area contributed by atoms with Crippen molar-refractivity contribution in [2.45, 2.75) is 139 Å². The molecule has 4 N–H and O–H groups in total. The molecule has 332 valence electrons. The highest BCUT2D eigenvalue weighted by molar-refractivity contribution is 5.99. The number of hydrogen-bond acceptors (Lipinski definition) is 6. The van der Waals surface area contributed by atoms with Crippen LogP contribution in [0.15, 0.2) is 84.9 Å². The molecular formula is C51H67N5O6. The number of carbonyl (C=O) groups excluding carboxylic acids is 5. The second-order valence-corrected chi connectivity index (χ2v) is 18.3. The summed E-state index contributed by atoms with van der Waals surface area (Å²) in [5.41, 5.74) is 3.06. The number of β-amino-alcohol motifs (C(OH)–C–C–N with tert-alkyl or cyclic N) is 1. The number of aliphatic hydroxyl groups is 1. The molecule has 8 atom stereocenters. The van der Waals surface area contributed by atoms with Crippen molar-refractivity contribution in [2.24, 2.45) is 11.8 Å². The van der Waals surface area contributed by atoms with Gasteiger partial charge in [-0.1, -0.05) is 138 Å². The maximum Gasteiger partial charge on any atom is 0.254 e. The van der Waals surface area contributed by atoms with Gasteiger partial charge in [0.2, 0.25) is 17.7 Å². The fourth-order valence-corrected chi connectivity index (χ4v) is 9.55. The first-order valence-electron chi connectivity index (χ1n) is 23.6. The van der Waals surface area contributed by atoms with E-state index in [1.54, 1.807) is 29.2 Å². The Bertz CT molecular complexity index is 1880. The Morgan fingerprint density at radius 3 is 1.39 bits per heavy atom. The van der Waals surface area contributed by atoms with Crippen LogP contribution >= 0.6 is 0 Å². The highest BCUT2D eigenvalue weighted by Crippen LogP contribution is 2.42. The second kappa shape index (κ2) is 21.9. The van der Waals surface area contributed by atoms with Gasteiger partial charge in [-0.15, -0.1) is 0 Å². The molecule has 2 saturated carbocycles. The van der Waals surface area contributed by atoms with E-state index in [9.17, 15) is 29.1 Å². The highest BCUT2D eigenvalue weighted by Gasteiger charge is 2.49. The molecule has 4 aliphatic rings. The van der Waals surface area contributed by atoms with Crippen LogP contribution in [0.5, 0.6) is 0 Å². The number of unbranched alkanes of at least 4 members (excludes halogenated alkanes) is 11. The Morgan fingerprint density at radius 2 is 0.935 bits per heavy atom. The molecule has 0 spiro atoms. The van der Waals surface area contributed by atoms with E-state index in [-0.39, 0.29) is 79.6 Å². The lowest BCUT2D eigenvalue weighted by atomic mass is 9.94. The lowest BCUT2D eigenvalue weighted by molar-refractivity contribution is -0.133. The van der Waals surface area contributed by atoms with Crippen molar-refractivity contribution in [2.75, 3.05) is 26.2 Å². The molecule has 0 bridgehead atoms. The van der Waals surface area contributed by atoms with E-state index >= 15 is 0 Å². The molecular weight excluding hydrogens is 779 g/mol. The molecule has 2 aliphatic heterocycles. The number of hydrogen-bond donors (Lipinski definition) is 4. The van der Waals surface area contributed by atoms with Gasteiger partial charge < -0.3 is 30.9 Å². The lowest BCUT2D eigenvalue weighted by Crippen LogP contribution is -2.43. The van der Waals surface area contributed by atoms with E-state index in [1.807, 2.05) is 36.4 Å². The average molecular weight is 846 g/mol. The van der Waals surface area contributed by atoms with Gasteiger partial charge in [0, 0.05) is 67.6 Å². The molecule has 2 aliphatic carbocycles. The average Bonchev–Trinajstić information content (AvgIpc) is 4.16. The van der Waals surface area contributed by atoms with Crippen molar-refractivity contribution < 1.29 is 29.1 Å². The first kappa shape index (κ1) is 45.0. The van der Waals surface area contributed by atoms with Crippen LogP contribution in [0.4, 0.5) is 0 Å². The Kier molecular flexibility index (Phi) is 15.9. The number of likely N-dealkylation sites (tertiary alicyclic amines) is 2. The Labute approximate surface area is 367 Å². The molecule has 0 radical (unpaired) electrons. The molecule has 62 heavy (non-hydrogen) atoms. The number of aliphatic hydroxyl groups excluding tert-OH is 1. The van der Waals surface area contributed by atoms with Crippen molar-refractivity contribution in [3.8, 4) is 0 Å². The van der Waals surface area contributed by atoms with Crippen LogP contribution in [-0.4, -0.2) is 94.9 Å². The van der Waals surface area contributed by atoms with Crippen LogP contribution in [0.1, 0.15) is 147 Å². The summed E-state index contributed by atoms with van der Waals surface area (Å²) in [7, 11) is 0. The Morgan fingerprint density at radius 1 is 0.516 bits per heavy atom. The number of rotatable bonds is 22. The van der Waals surface area contributed by atoms with Crippen LogP contribution in [0.2, 0.25) is 0 Å². The Balaban J connectivity index is 0.875. The fraction of sp³-hybridized carbons (Fsp3) is 0.549. The summed E-state index contributed by atoms with van der Waals surface area (Å²) in [6.07, 6.45) is 15.9. The Hall–Kier alpha value is -5.03. The van der Waals surface area contributed by atoms with Crippen molar-refractivity contribution in [3.63, 3.8) is 0 Å². The standard InChI is InChI=1S/C51H67N5O6/c1-2-3-4-5-6-7-8-9-10-11-12-19-24-47(58)52-45-33-56(34-46(45)57)51(62)38-27-25-37(26-28-38)50(61)55-31-41(48(59)53-43-29-39(43)35-20-15-13-16-21-35)42(32-55)49(60)54-44-30-40(44)36-22-17-14-18-23-36/h13-18,20-23,25-28,39-46,57H,2-12,19,24,29-34H2,1H3,(H,52,58)(H,53,59)(H,54,60)/t39-,40-,41-,42?,43+,44+,45-,46-/m1/s1. The minimum Gasteiger partial charge on any atom is -0.389 e. The molecule has 1 unspecified atom stereocenters. The number of carbonyl (C=O) groups is 5. The van der Waals surface area contributed by atoms with Gasteiger partial charge in [-0.2, -0.15) is 0 Å². The third-order valence-electron chi connectivity index (χ3n) is 13.5. The normalized spacial score (nSPS) is 25.0. The van der Waals surface area contributed by atoms with Gasteiger partial charge in [-0.25, -0.2) is 0 Å². The summed E-state index contributed by atoms with van der Waals surface area (Å²) >= 11 is 0. The molecule has 2 saturated heterocycles. The van der Waals surface area contributed by atoms with Gasteiger partial charge in [0.1, 0.15) is 0 Å². The molecule has 11 nitrogen and oxygen atoms in total. The van der Waals surface area contributed by atoms with Gasteiger partial charge in [0.05, 0.1) is 24.0 Å². The van der Waals surface area contributed by atoms with Crippen LogP contribution in [0.3, 0.4) is 0 Å². The van der Waals surface area contributed by atoms with E-state index in [1.165, 1.54) is 73.8 Å². The zero-order valence-corrected chi connectivity index (χ0v) is 36.5. The van der Waals surface area contributed by atoms with Gasteiger partial charge in [-0.05, 0) is 54.7 Å². The summed E-state index contributed by atoms with van der Waals surface area (Å²) in [4.78, 5) is 71.0. The van der Waals surface area contributed by atoms with Crippen LogP contribution in [-0.2, 0) is 14.4 Å². The molecule has 3 aromatic rings. The number of benzene rings is 3. The highest BCUT2D eigenvalue weighted by atomic mass is 16.3. The van der Waals surface area contributed by atoms with Crippen molar-refractivity contribution >= 4 is 29.5 Å². The zero-order valence-electron chi connectivity index (χ0n) is 36.5. The number of amides is 5. The molecule has 7 rings (SSSR count). The predicted molar refractivity (Wildman–Crippen MR) is 240 cm³/mol. The summed E-state index contributed by atoms with van der Waals surface area (Å²) < 4.78 is 0. The predicted octanol–water partition coefficient (Wildman–Crippen LogP) is 7.11. The van der Waals surface area contributed by atoms with Gasteiger partial charge in [0.25, 0.3) is 11.8 Å². The van der Waals surface area contributed by atoms with Gasteiger partial charge >= 0.3 is 0 Å². The van der Waals surface area contributed by atoms with Crippen molar-refractivity contribution in [1.82, 2.24) is 25.8 Å². The number of nitrogens with zero attached hydrogens (tertiary/aromatic N) is 2. The second-order valence-electron chi connectivity index (χ2n) is 18.3. The van der Waals surface area contributed by atoms with Gasteiger partial charge in [-0.3, -0.25) is 24.0 Å². The monoisotopic (exact) mass is 846 g/mol. The molecule has 0 aromatic heterocycles. The summed E-state index contributed by atoms with van der Waals surface area (Å²) in [6, 6.07) is 26.0. The minimum absolute atomic E-state index is 0.0123. The van der Waals surface area contributed by atoms with Gasteiger partial charge in [0.15, 0.2) is 0 Å². The van der Waals surface area contributed by atoms with Crippen LogP contribution in [0.25, 0.3) is 0 Å². The SMILES string of the molecule is CCCCCCCCCCCCCCC(=O)N[C@@H]1CN(C(=O)c2ccc(C(=O)N3CC(C(=O)N[C@H]4C[C@@H]4c4ccccc4)[C@H](C(=O)N[C@H]4C[C@@H]4c4ccccc4)C3)cc2)C[C@H]1O. The topological polar surface area (TPSA) is 148 Å². The fourth-order valence-electron chi connectivity index (χ4n) is 9.55. The number of nitrogens with one attached hydrogen (secondary N) is 3. The molecule has 11 heteroatoms. The molecule has 4 fully saturated rings. The molecule has 3 aromatic carbocycles. The van der Waals surface area contributed by atoms with Crippen LogP contribution in [0, 0.1) is 11.8 Å². The van der Waals surface area contributed by atoms with E-state index in [0.717, 1.165) is 32.1 Å². The van der Waals surface area contributed by atoms with E-state index in [0.29, 0.717) is 17.5 Å². The lowest BCUT2D eigenvalue weighted by Gasteiger charge is -2.18. The maximum atomic E-state index is 13.9. The van der Waals surface area contributed by atoms with Crippen LogP contribution < -0.4 is 16.0 Å². The molecule has 5 amide bonds. The first-order valence-corrected chi connectivity index (χ1v) is 23.6. The maximum absolute atomic E-state index is 13.9. The summed E-state index contributed by atoms with van der Waals surface area (Å²) in [6.45, 7) is 2.76. The summed E-state index contributed by atoms with van der Waals surface area (Å²) in [5, 5.41) is 20.1. The molecule has 2 heterocycles. The van der Waals surface area contributed by atoms with E-state index in [2.05, 4.69) is 47.1 Å². The van der Waals surface area contributed by atoms with Crippen molar-refractivity contribution in [1.29, 1.82) is 0 Å². The van der Waals surface area contributed by atoms with E-state index < -0.39 is 24.0 Å². The van der Waals surface area contributed by atoms with E-state index in [4.69, 9.17) is 0 Å².